The second-order valence-electron chi connectivity index (χ2n) is 6.46. The fourth-order valence-electron chi connectivity index (χ4n) is 3.10. The molecule has 2 heterocycles. The number of hydrogen-bond acceptors (Lipinski definition) is 3. The highest BCUT2D eigenvalue weighted by molar-refractivity contribution is 6.31. The van der Waals surface area contributed by atoms with Crippen molar-refractivity contribution in [2.45, 2.75) is 31.8 Å². The lowest BCUT2D eigenvalue weighted by atomic mass is 10.1. The Bertz CT molecular complexity index is 711. The molecule has 1 aliphatic rings. The maximum Gasteiger partial charge on any atom is 0.317 e. The van der Waals surface area contributed by atoms with Crippen molar-refractivity contribution in [3.8, 4) is 5.75 Å². The van der Waals surface area contributed by atoms with Crippen molar-refractivity contribution in [3.63, 3.8) is 0 Å². The molecular formula is C20H24ClN3O2. The average Bonchev–Trinajstić information content (AvgIpc) is 2.68. The zero-order chi connectivity index (χ0) is 18.2. The summed E-state index contributed by atoms with van der Waals surface area (Å²) in [4.78, 5) is 18.2. The minimum absolute atomic E-state index is 0.0211. The number of nitrogens with one attached hydrogen (secondary N) is 1. The third kappa shape index (κ3) is 5.36. The van der Waals surface area contributed by atoms with E-state index in [9.17, 15) is 4.79 Å². The van der Waals surface area contributed by atoms with Crippen LogP contribution in [0.5, 0.6) is 5.75 Å². The normalized spacial score (nSPS) is 17.0. The molecule has 0 aliphatic carbocycles. The van der Waals surface area contributed by atoms with E-state index in [1.54, 1.807) is 18.5 Å². The number of amides is 2. The first kappa shape index (κ1) is 18.5. The van der Waals surface area contributed by atoms with E-state index in [0.29, 0.717) is 23.9 Å². The van der Waals surface area contributed by atoms with Gasteiger partial charge in [-0.2, -0.15) is 0 Å². The molecule has 6 heteroatoms. The number of benzene rings is 1. The largest absolute Gasteiger partial charge is 0.487 e. The molecule has 3 rings (SSSR count). The van der Waals surface area contributed by atoms with E-state index in [2.05, 4.69) is 22.4 Å². The van der Waals surface area contributed by atoms with Crippen LogP contribution in [-0.4, -0.2) is 41.7 Å². The van der Waals surface area contributed by atoms with E-state index >= 15 is 0 Å². The second-order valence-corrected chi connectivity index (χ2v) is 6.86. The van der Waals surface area contributed by atoms with Crippen LogP contribution in [0.25, 0.3) is 0 Å². The quantitative estimate of drug-likeness (QED) is 0.781. The van der Waals surface area contributed by atoms with Gasteiger partial charge in [0.05, 0.1) is 6.54 Å². The Morgan fingerprint density at radius 2 is 2.15 bits per heavy atom. The Hall–Kier alpha value is -2.27. The molecule has 1 saturated heterocycles. The Morgan fingerprint density at radius 1 is 1.31 bits per heavy atom. The molecular weight excluding hydrogens is 350 g/mol. The molecule has 2 amide bonds. The zero-order valence-electron chi connectivity index (χ0n) is 14.7. The van der Waals surface area contributed by atoms with Crippen LogP contribution in [0.4, 0.5) is 4.79 Å². The minimum Gasteiger partial charge on any atom is -0.487 e. The number of hydrogen-bond donors (Lipinski definition) is 1. The number of carbonyl (C=O) groups excluding carboxylic acids is 1. The van der Waals surface area contributed by atoms with Gasteiger partial charge in [-0.05, 0) is 31.2 Å². The number of rotatable bonds is 6. The number of nitrogens with zero attached hydrogens (tertiary/aromatic N) is 2. The smallest absolute Gasteiger partial charge is 0.317 e. The summed E-state index contributed by atoms with van der Waals surface area (Å²) in [5.74, 6) is 0.622. The number of carbonyl (C=O) groups is 1. The molecule has 1 aliphatic heterocycles. The Kier molecular flexibility index (Phi) is 6.72. The highest BCUT2D eigenvalue weighted by Gasteiger charge is 2.25. The van der Waals surface area contributed by atoms with Crippen LogP contribution in [0.3, 0.4) is 0 Å². The number of aryl methyl sites for hydroxylation is 1. The molecule has 0 bridgehead atoms. The molecule has 1 N–H and O–H groups in total. The molecule has 2 aromatic rings. The van der Waals surface area contributed by atoms with Gasteiger partial charge < -0.3 is 15.0 Å². The predicted octanol–water partition coefficient (Wildman–Crippen LogP) is 3.92. The van der Waals surface area contributed by atoms with E-state index in [-0.39, 0.29) is 12.1 Å². The molecule has 1 fully saturated rings. The number of urea groups is 1. The van der Waals surface area contributed by atoms with Gasteiger partial charge in [0.2, 0.25) is 0 Å². The summed E-state index contributed by atoms with van der Waals surface area (Å²) in [6.45, 7) is 2.00. The first-order chi connectivity index (χ1) is 12.7. The number of ether oxygens (including phenoxy) is 1. The number of likely N-dealkylation sites (tertiary alicyclic amines) is 1. The summed E-state index contributed by atoms with van der Waals surface area (Å²) in [7, 11) is 0. The fourth-order valence-corrected chi connectivity index (χ4v) is 3.26. The van der Waals surface area contributed by atoms with Gasteiger partial charge in [0.25, 0.3) is 0 Å². The van der Waals surface area contributed by atoms with Crippen molar-refractivity contribution >= 4 is 17.6 Å². The van der Waals surface area contributed by atoms with E-state index in [4.69, 9.17) is 16.3 Å². The molecule has 26 heavy (non-hydrogen) atoms. The lowest BCUT2D eigenvalue weighted by Crippen LogP contribution is -2.48. The predicted molar refractivity (Wildman–Crippen MR) is 103 cm³/mol. The van der Waals surface area contributed by atoms with Gasteiger partial charge in [-0.25, -0.2) is 4.79 Å². The van der Waals surface area contributed by atoms with Crippen LogP contribution in [0.2, 0.25) is 5.02 Å². The van der Waals surface area contributed by atoms with Crippen molar-refractivity contribution in [1.29, 1.82) is 0 Å². The number of aromatic nitrogens is 1. The van der Waals surface area contributed by atoms with Crippen LogP contribution in [0.15, 0.2) is 48.8 Å². The first-order valence-corrected chi connectivity index (χ1v) is 9.43. The summed E-state index contributed by atoms with van der Waals surface area (Å²) in [6.07, 6.45) is 6.90. The number of pyridine rings is 1. The molecule has 0 saturated carbocycles. The van der Waals surface area contributed by atoms with Crippen molar-refractivity contribution in [2.75, 3.05) is 19.6 Å². The third-order valence-corrected chi connectivity index (χ3v) is 4.74. The summed E-state index contributed by atoms with van der Waals surface area (Å²) >= 11 is 6.10. The maximum atomic E-state index is 12.4. The second kappa shape index (κ2) is 9.43. The molecule has 0 radical (unpaired) electrons. The standard InChI is InChI=1S/C20H24ClN3O2/c21-18-14-22-12-10-19(18)26-17-9-5-13-24(15-17)20(25)23-11-4-8-16-6-2-1-3-7-16/h1-3,6-7,10,12,14,17H,4-5,8-9,11,13,15H2,(H,23,25). The van der Waals surface area contributed by atoms with Crippen LogP contribution in [0, 0.1) is 0 Å². The van der Waals surface area contributed by atoms with Gasteiger partial charge >= 0.3 is 6.03 Å². The van der Waals surface area contributed by atoms with Gasteiger partial charge in [-0.1, -0.05) is 41.9 Å². The van der Waals surface area contributed by atoms with Crippen molar-refractivity contribution in [1.82, 2.24) is 15.2 Å². The highest BCUT2D eigenvalue weighted by atomic mass is 35.5. The summed E-state index contributed by atoms with van der Waals surface area (Å²) < 4.78 is 5.96. The summed E-state index contributed by atoms with van der Waals surface area (Å²) in [6, 6.07) is 12.0. The topological polar surface area (TPSA) is 54.5 Å². The van der Waals surface area contributed by atoms with Gasteiger partial charge in [0.1, 0.15) is 16.9 Å². The lowest BCUT2D eigenvalue weighted by molar-refractivity contribution is 0.101. The van der Waals surface area contributed by atoms with Crippen molar-refractivity contribution < 1.29 is 9.53 Å². The summed E-state index contributed by atoms with van der Waals surface area (Å²) in [5.41, 5.74) is 1.29. The lowest BCUT2D eigenvalue weighted by Gasteiger charge is -2.33. The minimum atomic E-state index is -0.0429. The number of piperidine rings is 1. The van der Waals surface area contributed by atoms with E-state index < -0.39 is 0 Å². The van der Waals surface area contributed by atoms with Crippen LogP contribution in [0.1, 0.15) is 24.8 Å². The Labute approximate surface area is 159 Å². The van der Waals surface area contributed by atoms with Gasteiger partial charge in [-0.3, -0.25) is 4.98 Å². The van der Waals surface area contributed by atoms with Gasteiger partial charge in [0.15, 0.2) is 0 Å². The molecule has 1 aromatic carbocycles. The van der Waals surface area contributed by atoms with E-state index in [0.717, 1.165) is 32.2 Å². The highest BCUT2D eigenvalue weighted by Crippen LogP contribution is 2.25. The molecule has 138 valence electrons. The van der Waals surface area contributed by atoms with Crippen LogP contribution < -0.4 is 10.1 Å². The van der Waals surface area contributed by atoms with Gasteiger partial charge in [-0.15, -0.1) is 0 Å². The van der Waals surface area contributed by atoms with E-state index in [1.165, 1.54) is 5.56 Å². The maximum absolute atomic E-state index is 12.4. The fraction of sp³-hybridized carbons (Fsp3) is 0.400. The summed E-state index contributed by atoms with van der Waals surface area (Å²) in [5, 5.41) is 3.51. The van der Waals surface area contributed by atoms with E-state index in [1.807, 2.05) is 23.1 Å². The van der Waals surface area contributed by atoms with Gasteiger partial charge in [0, 0.05) is 31.5 Å². The number of halogens is 1. The third-order valence-electron chi connectivity index (χ3n) is 4.46. The molecule has 1 atom stereocenters. The Balaban J connectivity index is 1.42. The molecule has 1 aromatic heterocycles. The van der Waals surface area contributed by atoms with Crippen LogP contribution >= 0.6 is 11.6 Å². The first-order valence-electron chi connectivity index (χ1n) is 9.05. The zero-order valence-corrected chi connectivity index (χ0v) is 15.5. The molecule has 5 nitrogen and oxygen atoms in total. The SMILES string of the molecule is O=C(NCCCc1ccccc1)N1CCCC(Oc2ccncc2Cl)C1. The molecule has 1 unspecified atom stereocenters. The average molecular weight is 374 g/mol. The van der Waals surface area contributed by atoms with Crippen molar-refractivity contribution in [2.24, 2.45) is 0 Å². The monoisotopic (exact) mass is 373 g/mol. The molecule has 0 spiro atoms. The van der Waals surface area contributed by atoms with Crippen molar-refractivity contribution in [3.05, 3.63) is 59.4 Å². The van der Waals surface area contributed by atoms with Crippen LogP contribution in [-0.2, 0) is 6.42 Å². The Morgan fingerprint density at radius 3 is 2.96 bits per heavy atom.